The standard InChI is InChI=1S/C18H16INO3/c1-11-7-13(19)3-6-16(11)20-18(21)8-12-10-23-17-9-14(22-2)4-5-15(12)17/h3-7,9-10H,8H2,1-2H3,(H,20,21). The predicted molar refractivity (Wildman–Crippen MR) is 99.0 cm³/mol. The molecule has 1 aromatic heterocycles. The molecule has 1 N–H and O–H groups in total. The number of halogens is 1. The van der Waals surface area contributed by atoms with E-state index in [0.717, 1.165) is 37.1 Å². The number of aryl methyl sites for hydroxylation is 1. The highest BCUT2D eigenvalue weighted by Crippen LogP contribution is 2.26. The van der Waals surface area contributed by atoms with Crippen molar-refractivity contribution >= 4 is 45.2 Å². The molecule has 0 atom stereocenters. The van der Waals surface area contributed by atoms with Crippen molar-refractivity contribution < 1.29 is 13.9 Å². The van der Waals surface area contributed by atoms with Crippen molar-refractivity contribution in [2.24, 2.45) is 0 Å². The van der Waals surface area contributed by atoms with Crippen LogP contribution >= 0.6 is 22.6 Å². The second-order valence-electron chi connectivity index (χ2n) is 5.31. The Kier molecular flexibility index (Phi) is 4.56. The number of fused-ring (bicyclic) bond motifs is 1. The van der Waals surface area contributed by atoms with Crippen LogP contribution in [0.1, 0.15) is 11.1 Å². The van der Waals surface area contributed by atoms with Crippen LogP contribution in [-0.4, -0.2) is 13.0 Å². The number of methoxy groups -OCH3 is 1. The first kappa shape index (κ1) is 15.9. The van der Waals surface area contributed by atoms with Gasteiger partial charge in [-0.3, -0.25) is 4.79 Å². The zero-order valence-corrected chi connectivity index (χ0v) is 15.0. The highest BCUT2D eigenvalue weighted by molar-refractivity contribution is 14.1. The Hall–Kier alpha value is -2.02. The Bertz CT molecular complexity index is 870. The Balaban J connectivity index is 1.77. The number of amides is 1. The third-order valence-electron chi connectivity index (χ3n) is 3.68. The number of rotatable bonds is 4. The highest BCUT2D eigenvalue weighted by Gasteiger charge is 2.12. The highest BCUT2D eigenvalue weighted by atomic mass is 127. The van der Waals surface area contributed by atoms with Gasteiger partial charge in [-0.15, -0.1) is 0 Å². The number of ether oxygens (including phenoxy) is 1. The summed E-state index contributed by atoms with van der Waals surface area (Å²) in [5.41, 5.74) is 3.47. The molecule has 0 spiro atoms. The van der Waals surface area contributed by atoms with Crippen molar-refractivity contribution in [2.45, 2.75) is 13.3 Å². The van der Waals surface area contributed by atoms with Gasteiger partial charge in [-0.25, -0.2) is 0 Å². The van der Waals surface area contributed by atoms with E-state index >= 15 is 0 Å². The maximum absolute atomic E-state index is 12.3. The van der Waals surface area contributed by atoms with Gasteiger partial charge in [0.25, 0.3) is 0 Å². The summed E-state index contributed by atoms with van der Waals surface area (Å²) in [5, 5.41) is 3.89. The summed E-state index contributed by atoms with van der Waals surface area (Å²) >= 11 is 2.25. The van der Waals surface area contributed by atoms with E-state index in [1.807, 2.05) is 43.3 Å². The summed E-state index contributed by atoms with van der Waals surface area (Å²) in [7, 11) is 1.61. The molecule has 0 radical (unpaired) electrons. The first-order valence-electron chi connectivity index (χ1n) is 7.17. The molecule has 1 heterocycles. The predicted octanol–water partition coefficient (Wildman–Crippen LogP) is 4.54. The molecule has 0 aliphatic rings. The molecular weight excluding hydrogens is 405 g/mol. The molecule has 0 saturated carbocycles. The number of benzene rings is 2. The van der Waals surface area contributed by atoms with Crippen molar-refractivity contribution in [3.05, 3.63) is 57.4 Å². The second-order valence-corrected chi connectivity index (χ2v) is 6.55. The van der Waals surface area contributed by atoms with Gasteiger partial charge in [-0.05, 0) is 65.4 Å². The van der Waals surface area contributed by atoms with Gasteiger partial charge in [0.1, 0.15) is 11.3 Å². The molecule has 0 unspecified atom stereocenters. The largest absolute Gasteiger partial charge is 0.497 e. The fourth-order valence-electron chi connectivity index (χ4n) is 2.46. The van der Waals surface area contributed by atoms with Gasteiger partial charge in [-0.2, -0.15) is 0 Å². The average Bonchev–Trinajstić information content (AvgIpc) is 2.92. The zero-order valence-electron chi connectivity index (χ0n) is 12.9. The molecular formula is C18H16INO3. The van der Waals surface area contributed by atoms with Crippen LogP contribution < -0.4 is 10.1 Å². The maximum atomic E-state index is 12.3. The number of hydrogen-bond acceptors (Lipinski definition) is 3. The summed E-state index contributed by atoms with van der Waals surface area (Å²) in [4.78, 5) is 12.3. The lowest BCUT2D eigenvalue weighted by Crippen LogP contribution is -2.15. The molecule has 118 valence electrons. The van der Waals surface area contributed by atoms with Gasteiger partial charge in [0.2, 0.25) is 5.91 Å². The van der Waals surface area contributed by atoms with Crippen molar-refractivity contribution in [1.82, 2.24) is 0 Å². The van der Waals surface area contributed by atoms with E-state index in [9.17, 15) is 4.79 Å². The molecule has 0 aliphatic carbocycles. The lowest BCUT2D eigenvalue weighted by atomic mass is 10.1. The van der Waals surface area contributed by atoms with Gasteiger partial charge >= 0.3 is 0 Å². The summed E-state index contributed by atoms with van der Waals surface area (Å²) < 4.78 is 11.8. The van der Waals surface area contributed by atoms with Gasteiger partial charge in [0, 0.05) is 26.3 Å². The van der Waals surface area contributed by atoms with Crippen LogP contribution in [0.2, 0.25) is 0 Å². The van der Waals surface area contributed by atoms with Crippen LogP contribution in [0.5, 0.6) is 5.75 Å². The van der Waals surface area contributed by atoms with E-state index in [1.165, 1.54) is 0 Å². The van der Waals surface area contributed by atoms with E-state index < -0.39 is 0 Å². The van der Waals surface area contributed by atoms with Crippen molar-refractivity contribution in [3.63, 3.8) is 0 Å². The van der Waals surface area contributed by atoms with Gasteiger partial charge < -0.3 is 14.5 Å². The zero-order chi connectivity index (χ0) is 16.4. The van der Waals surface area contributed by atoms with E-state index in [2.05, 4.69) is 27.9 Å². The Morgan fingerprint density at radius 1 is 1.26 bits per heavy atom. The molecule has 0 aliphatic heterocycles. The van der Waals surface area contributed by atoms with Crippen molar-refractivity contribution in [2.75, 3.05) is 12.4 Å². The smallest absolute Gasteiger partial charge is 0.228 e. The molecule has 0 bridgehead atoms. The molecule has 3 aromatic rings. The minimum atomic E-state index is -0.0622. The second kappa shape index (κ2) is 6.62. The number of anilines is 1. The fourth-order valence-corrected chi connectivity index (χ4v) is 3.11. The molecule has 1 amide bonds. The van der Waals surface area contributed by atoms with E-state index in [1.54, 1.807) is 13.4 Å². The van der Waals surface area contributed by atoms with E-state index in [0.29, 0.717) is 0 Å². The first-order valence-corrected chi connectivity index (χ1v) is 8.25. The lowest BCUT2D eigenvalue weighted by molar-refractivity contribution is -0.115. The number of furan rings is 1. The third kappa shape index (κ3) is 3.50. The molecule has 2 aromatic carbocycles. The summed E-state index contributed by atoms with van der Waals surface area (Å²) in [6.07, 6.45) is 1.90. The monoisotopic (exact) mass is 421 g/mol. The average molecular weight is 421 g/mol. The molecule has 0 saturated heterocycles. The molecule has 23 heavy (non-hydrogen) atoms. The fraction of sp³-hybridized carbons (Fsp3) is 0.167. The lowest BCUT2D eigenvalue weighted by Gasteiger charge is -2.08. The van der Waals surface area contributed by atoms with Gasteiger partial charge in [0.05, 0.1) is 19.8 Å². The number of carbonyl (C=O) groups is 1. The number of nitrogens with one attached hydrogen (secondary N) is 1. The van der Waals surface area contributed by atoms with Gasteiger partial charge in [-0.1, -0.05) is 0 Å². The minimum Gasteiger partial charge on any atom is -0.497 e. The van der Waals surface area contributed by atoms with Crippen molar-refractivity contribution in [3.8, 4) is 5.75 Å². The molecule has 0 fully saturated rings. The van der Waals surface area contributed by atoms with Gasteiger partial charge in [0.15, 0.2) is 0 Å². The van der Waals surface area contributed by atoms with Crippen LogP contribution in [0.4, 0.5) is 5.69 Å². The van der Waals surface area contributed by atoms with E-state index in [4.69, 9.17) is 9.15 Å². The number of carbonyl (C=O) groups excluding carboxylic acids is 1. The maximum Gasteiger partial charge on any atom is 0.228 e. The third-order valence-corrected chi connectivity index (χ3v) is 4.35. The normalized spacial score (nSPS) is 10.7. The Morgan fingerprint density at radius 3 is 2.83 bits per heavy atom. The minimum absolute atomic E-state index is 0.0622. The van der Waals surface area contributed by atoms with Crippen LogP contribution in [0, 0.1) is 10.5 Å². The Morgan fingerprint density at radius 2 is 2.09 bits per heavy atom. The molecule has 4 nitrogen and oxygen atoms in total. The van der Waals surface area contributed by atoms with Crippen molar-refractivity contribution in [1.29, 1.82) is 0 Å². The molecule has 3 rings (SSSR count). The van der Waals surface area contributed by atoms with Crippen LogP contribution in [0.15, 0.2) is 47.1 Å². The molecule has 5 heteroatoms. The van der Waals surface area contributed by atoms with Crippen LogP contribution in [0.25, 0.3) is 11.0 Å². The number of hydrogen-bond donors (Lipinski definition) is 1. The summed E-state index contributed by atoms with van der Waals surface area (Å²) in [6, 6.07) is 11.5. The Labute approximate surface area is 148 Å². The van der Waals surface area contributed by atoms with Crippen LogP contribution in [-0.2, 0) is 11.2 Å². The topological polar surface area (TPSA) is 51.5 Å². The quantitative estimate of drug-likeness (QED) is 0.630. The van der Waals surface area contributed by atoms with E-state index in [-0.39, 0.29) is 12.3 Å². The summed E-state index contributed by atoms with van der Waals surface area (Å²) in [6.45, 7) is 1.98. The SMILES string of the molecule is COc1ccc2c(CC(=O)Nc3ccc(I)cc3C)coc2c1. The van der Waals surface area contributed by atoms with Crippen LogP contribution in [0.3, 0.4) is 0 Å². The first-order chi connectivity index (χ1) is 11.1. The summed E-state index contributed by atoms with van der Waals surface area (Å²) in [5.74, 6) is 0.671.